The lowest BCUT2D eigenvalue weighted by molar-refractivity contribution is 0.0737. The molecule has 0 saturated carbocycles. The summed E-state index contributed by atoms with van der Waals surface area (Å²) < 4.78 is 14.0. The number of piperazine rings is 1. The van der Waals surface area contributed by atoms with E-state index < -0.39 is 0 Å². The minimum Gasteiger partial charge on any atom is -0.497 e. The van der Waals surface area contributed by atoms with E-state index in [1.165, 1.54) is 0 Å². The second kappa shape index (κ2) is 9.32. The van der Waals surface area contributed by atoms with Crippen molar-refractivity contribution in [2.45, 2.75) is 0 Å². The molecule has 0 bridgehead atoms. The maximum Gasteiger partial charge on any atom is 0.272 e. The SMILES string of the molecule is COc1cc(OC)cc(N2CCN(C(=O)c3cc(Br)nn3-c3ccc(Br)cc3)CC2)c1. The molecule has 0 spiro atoms. The number of ether oxygens (including phenoxy) is 2. The lowest BCUT2D eigenvalue weighted by Gasteiger charge is -2.36. The van der Waals surface area contributed by atoms with Crippen LogP contribution in [0.1, 0.15) is 10.5 Å². The number of nitrogens with zero attached hydrogens (tertiary/aromatic N) is 4. The van der Waals surface area contributed by atoms with Gasteiger partial charge in [0, 0.05) is 60.6 Å². The number of rotatable bonds is 5. The number of amides is 1. The van der Waals surface area contributed by atoms with Gasteiger partial charge < -0.3 is 19.3 Å². The number of hydrogen-bond donors (Lipinski definition) is 0. The number of halogens is 2. The topological polar surface area (TPSA) is 59.8 Å². The molecule has 0 aliphatic carbocycles. The van der Waals surface area contributed by atoms with Gasteiger partial charge in [0.05, 0.1) is 19.9 Å². The molecule has 1 aliphatic heterocycles. The largest absolute Gasteiger partial charge is 0.497 e. The van der Waals surface area contributed by atoms with E-state index in [1.807, 2.05) is 47.4 Å². The predicted molar refractivity (Wildman–Crippen MR) is 127 cm³/mol. The molecule has 2 aromatic carbocycles. The third-order valence-corrected chi connectivity index (χ3v) is 6.15. The van der Waals surface area contributed by atoms with Crippen LogP contribution in [0.5, 0.6) is 11.5 Å². The molecule has 0 atom stereocenters. The molecule has 0 radical (unpaired) electrons. The number of anilines is 1. The van der Waals surface area contributed by atoms with Crippen molar-refractivity contribution < 1.29 is 14.3 Å². The minimum atomic E-state index is -0.0380. The predicted octanol–water partition coefficient (Wildman–Crippen LogP) is 4.38. The van der Waals surface area contributed by atoms with Gasteiger partial charge in [-0.25, -0.2) is 4.68 Å². The zero-order chi connectivity index (χ0) is 22.0. The van der Waals surface area contributed by atoms with Gasteiger partial charge in [0.1, 0.15) is 21.8 Å². The van der Waals surface area contributed by atoms with Crippen molar-refractivity contribution in [1.29, 1.82) is 0 Å². The Morgan fingerprint density at radius 1 is 0.871 bits per heavy atom. The Morgan fingerprint density at radius 3 is 2.06 bits per heavy atom. The van der Waals surface area contributed by atoms with E-state index in [-0.39, 0.29) is 5.91 Å². The summed E-state index contributed by atoms with van der Waals surface area (Å²) in [5, 5.41) is 4.46. The third kappa shape index (κ3) is 4.72. The first-order chi connectivity index (χ1) is 15.0. The lowest BCUT2D eigenvalue weighted by atomic mass is 10.2. The molecule has 4 rings (SSSR count). The smallest absolute Gasteiger partial charge is 0.272 e. The first-order valence-corrected chi connectivity index (χ1v) is 11.4. The molecule has 31 heavy (non-hydrogen) atoms. The summed E-state index contributed by atoms with van der Waals surface area (Å²) in [6.45, 7) is 2.66. The van der Waals surface area contributed by atoms with Crippen molar-refractivity contribution in [3.8, 4) is 17.2 Å². The highest BCUT2D eigenvalue weighted by Gasteiger charge is 2.26. The minimum absolute atomic E-state index is 0.0380. The maximum atomic E-state index is 13.3. The summed E-state index contributed by atoms with van der Waals surface area (Å²) in [7, 11) is 3.28. The number of carbonyl (C=O) groups is 1. The molecule has 0 unspecified atom stereocenters. The summed E-state index contributed by atoms with van der Waals surface area (Å²) in [6.07, 6.45) is 0. The highest BCUT2D eigenvalue weighted by atomic mass is 79.9. The van der Waals surface area contributed by atoms with Crippen molar-refractivity contribution in [3.63, 3.8) is 0 Å². The van der Waals surface area contributed by atoms with Crippen LogP contribution in [0.4, 0.5) is 5.69 Å². The van der Waals surface area contributed by atoms with Crippen LogP contribution >= 0.6 is 31.9 Å². The standard InChI is InChI=1S/C22H22Br2N4O3/c1-30-18-11-17(12-19(13-18)31-2)26-7-9-27(10-8-26)22(29)20-14-21(24)25-28(20)16-5-3-15(23)4-6-16/h3-6,11-14H,7-10H2,1-2H3. The molecule has 1 fully saturated rings. The van der Waals surface area contributed by atoms with Crippen molar-refractivity contribution in [3.05, 3.63) is 63.3 Å². The van der Waals surface area contributed by atoms with Gasteiger partial charge in [-0.1, -0.05) is 15.9 Å². The Balaban J connectivity index is 1.50. The summed E-state index contributed by atoms with van der Waals surface area (Å²) in [4.78, 5) is 17.4. The molecular formula is C22H22Br2N4O3. The first-order valence-electron chi connectivity index (χ1n) is 9.77. The van der Waals surface area contributed by atoms with Crippen LogP contribution in [0.25, 0.3) is 5.69 Å². The van der Waals surface area contributed by atoms with Gasteiger partial charge in [-0.2, -0.15) is 5.10 Å². The zero-order valence-electron chi connectivity index (χ0n) is 17.2. The number of methoxy groups -OCH3 is 2. The molecule has 1 aliphatic rings. The van der Waals surface area contributed by atoms with Gasteiger partial charge in [-0.3, -0.25) is 4.79 Å². The summed E-state index contributed by atoms with van der Waals surface area (Å²) in [6, 6.07) is 15.3. The van der Waals surface area contributed by atoms with Gasteiger partial charge in [-0.05, 0) is 40.2 Å². The Bertz CT molecular complexity index is 1050. The number of carbonyl (C=O) groups excluding carboxylic acids is 1. The average Bonchev–Trinajstić information content (AvgIpc) is 3.20. The van der Waals surface area contributed by atoms with Gasteiger partial charge in [0.25, 0.3) is 5.91 Å². The van der Waals surface area contributed by atoms with Gasteiger partial charge in [-0.15, -0.1) is 0 Å². The molecule has 2 heterocycles. The third-order valence-electron chi connectivity index (χ3n) is 5.24. The lowest BCUT2D eigenvalue weighted by Crippen LogP contribution is -2.49. The van der Waals surface area contributed by atoms with Crippen molar-refractivity contribution >= 4 is 43.5 Å². The highest BCUT2D eigenvalue weighted by Crippen LogP contribution is 2.29. The summed E-state index contributed by atoms with van der Waals surface area (Å²) in [5.74, 6) is 1.45. The zero-order valence-corrected chi connectivity index (χ0v) is 20.4. The highest BCUT2D eigenvalue weighted by molar-refractivity contribution is 9.10. The van der Waals surface area contributed by atoms with Gasteiger partial charge in [0.2, 0.25) is 0 Å². The molecular weight excluding hydrogens is 528 g/mol. The monoisotopic (exact) mass is 548 g/mol. The summed E-state index contributed by atoms with van der Waals surface area (Å²) in [5.41, 5.74) is 2.39. The van der Waals surface area contributed by atoms with E-state index in [0.717, 1.165) is 40.4 Å². The van der Waals surface area contributed by atoms with E-state index in [9.17, 15) is 4.79 Å². The van der Waals surface area contributed by atoms with Gasteiger partial charge >= 0.3 is 0 Å². The fourth-order valence-corrected chi connectivity index (χ4v) is 4.23. The number of hydrogen-bond acceptors (Lipinski definition) is 5. The van der Waals surface area contributed by atoms with Crippen LogP contribution in [-0.2, 0) is 0 Å². The molecule has 7 nitrogen and oxygen atoms in total. The Hall–Kier alpha value is -2.52. The van der Waals surface area contributed by atoms with Crippen LogP contribution in [0.15, 0.2) is 57.6 Å². The first kappa shape index (κ1) is 21.7. The summed E-state index contributed by atoms with van der Waals surface area (Å²) >= 11 is 6.85. The van der Waals surface area contributed by atoms with Crippen LogP contribution < -0.4 is 14.4 Å². The van der Waals surface area contributed by atoms with Gasteiger partial charge in [0.15, 0.2) is 0 Å². The van der Waals surface area contributed by atoms with E-state index in [4.69, 9.17) is 9.47 Å². The normalized spacial score (nSPS) is 13.9. The van der Waals surface area contributed by atoms with E-state index in [1.54, 1.807) is 25.0 Å². The Kier molecular flexibility index (Phi) is 6.52. The fraction of sp³-hybridized carbons (Fsp3) is 0.273. The van der Waals surface area contributed by atoms with Crippen molar-refractivity contribution in [1.82, 2.24) is 14.7 Å². The number of benzene rings is 2. The molecule has 1 amide bonds. The Labute approximate surface area is 197 Å². The molecule has 3 aromatic rings. The molecule has 1 aromatic heterocycles. The molecule has 1 saturated heterocycles. The molecule has 9 heteroatoms. The maximum absolute atomic E-state index is 13.3. The second-order valence-electron chi connectivity index (χ2n) is 7.09. The van der Waals surface area contributed by atoms with Crippen LogP contribution in [-0.4, -0.2) is 61.0 Å². The average molecular weight is 550 g/mol. The van der Waals surface area contributed by atoms with E-state index >= 15 is 0 Å². The second-order valence-corrected chi connectivity index (χ2v) is 8.82. The van der Waals surface area contributed by atoms with Crippen LogP contribution in [0.2, 0.25) is 0 Å². The fourth-order valence-electron chi connectivity index (χ4n) is 3.59. The molecule has 162 valence electrons. The number of aromatic nitrogens is 2. The van der Waals surface area contributed by atoms with E-state index in [0.29, 0.717) is 23.4 Å². The van der Waals surface area contributed by atoms with Crippen molar-refractivity contribution in [2.75, 3.05) is 45.3 Å². The molecule has 0 N–H and O–H groups in total. The van der Waals surface area contributed by atoms with E-state index in [2.05, 4.69) is 41.9 Å². The quantitative estimate of drug-likeness (QED) is 0.473. The Morgan fingerprint density at radius 2 is 1.48 bits per heavy atom. The van der Waals surface area contributed by atoms with Crippen LogP contribution in [0.3, 0.4) is 0 Å². The van der Waals surface area contributed by atoms with Crippen molar-refractivity contribution in [2.24, 2.45) is 0 Å². The van der Waals surface area contributed by atoms with Crippen LogP contribution in [0, 0.1) is 0 Å².